The van der Waals surface area contributed by atoms with Crippen LogP contribution in [0.4, 0.5) is 0 Å². The maximum absolute atomic E-state index is 8.51. The fourth-order valence-electron chi connectivity index (χ4n) is 1.73. The Balaban J connectivity index is 1.86. The fourth-order valence-corrected chi connectivity index (χ4v) is 1.73. The summed E-state index contributed by atoms with van der Waals surface area (Å²) in [4.78, 5) is 0. The van der Waals surface area contributed by atoms with Gasteiger partial charge in [0.05, 0.1) is 19.3 Å². The molecule has 1 saturated carbocycles. The fraction of sp³-hybridized carbons (Fsp3) is 1.00. The minimum atomic E-state index is 0.212. The Hall–Kier alpha value is -0.120. The zero-order chi connectivity index (χ0) is 9.36. The average Bonchev–Trinajstić information content (AvgIpc) is 2.19. The summed E-state index contributed by atoms with van der Waals surface area (Å²) in [6.45, 7) is 2.53. The van der Waals surface area contributed by atoms with Crippen LogP contribution in [-0.2, 0) is 4.74 Å². The van der Waals surface area contributed by atoms with Gasteiger partial charge in [0.2, 0.25) is 0 Å². The Bertz CT molecular complexity index is 113. The molecule has 0 atom stereocenters. The van der Waals surface area contributed by atoms with Crippen molar-refractivity contribution in [2.75, 3.05) is 26.3 Å². The molecule has 0 aromatic carbocycles. The first-order chi connectivity index (χ1) is 6.43. The first kappa shape index (κ1) is 11.0. The maximum Gasteiger partial charge on any atom is 0.0594 e. The van der Waals surface area contributed by atoms with Gasteiger partial charge in [0.15, 0.2) is 0 Å². The van der Waals surface area contributed by atoms with Gasteiger partial charge in [-0.25, -0.2) is 0 Å². The van der Waals surface area contributed by atoms with Gasteiger partial charge in [-0.1, -0.05) is 19.3 Å². The molecule has 1 fully saturated rings. The minimum absolute atomic E-state index is 0.212. The second kappa shape index (κ2) is 7.30. The van der Waals surface area contributed by atoms with Crippen molar-refractivity contribution in [3.05, 3.63) is 0 Å². The highest BCUT2D eigenvalue weighted by Crippen LogP contribution is 2.19. The van der Waals surface area contributed by atoms with Gasteiger partial charge >= 0.3 is 0 Å². The third-order valence-electron chi connectivity index (χ3n) is 2.47. The Morgan fingerprint density at radius 1 is 1.15 bits per heavy atom. The number of nitrogens with one attached hydrogen (secondary N) is 1. The van der Waals surface area contributed by atoms with Gasteiger partial charge in [-0.2, -0.15) is 0 Å². The van der Waals surface area contributed by atoms with E-state index in [9.17, 15) is 0 Å². The highest BCUT2D eigenvalue weighted by atomic mass is 16.5. The Morgan fingerprint density at radius 2 is 1.92 bits per heavy atom. The van der Waals surface area contributed by atoms with E-state index in [0.29, 0.717) is 12.6 Å². The number of hydrogen-bond donors (Lipinski definition) is 2. The van der Waals surface area contributed by atoms with Gasteiger partial charge in [-0.15, -0.1) is 0 Å². The molecule has 0 bridgehead atoms. The third kappa shape index (κ3) is 5.24. The quantitative estimate of drug-likeness (QED) is 0.607. The monoisotopic (exact) mass is 187 g/mol. The molecule has 1 aliphatic carbocycles. The van der Waals surface area contributed by atoms with Crippen molar-refractivity contribution in [1.82, 2.24) is 5.32 Å². The molecule has 3 heteroatoms. The molecule has 78 valence electrons. The molecule has 0 amide bonds. The van der Waals surface area contributed by atoms with Crippen LogP contribution in [0.1, 0.15) is 32.1 Å². The van der Waals surface area contributed by atoms with Gasteiger partial charge in [-0.3, -0.25) is 0 Å². The largest absolute Gasteiger partial charge is 0.395 e. The second-order valence-electron chi connectivity index (χ2n) is 3.60. The van der Waals surface area contributed by atoms with E-state index >= 15 is 0 Å². The van der Waals surface area contributed by atoms with Crippen molar-refractivity contribution in [2.24, 2.45) is 0 Å². The number of aliphatic hydroxyl groups is 1. The van der Waals surface area contributed by atoms with Crippen LogP contribution in [0.2, 0.25) is 0 Å². The van der Waals surface area contributed by atoms with Crippen LogP contribution in [0.25, 0.3) is 0 Å². The Morgan fingerprint density at radius 3 is 2.62 bits per heavy atom. The van der Waals surface area contributed by atoms with Crippen LogP contribution in [0.3, 0.4) is 0 Å². The van der Waals surface area contributed by atoms with E-state index in [2.05, 4.69) is 5.32 Å². The van der Waals surface area contributed by atoms with Gasteiger partial charge in [0.25, 0.3) is 0 Å². The van der Waals surface area contributed by atoms with E-state index in [1.807, 2.05) is 0 Å². The first-order valence-electron chi connectivity index (χ1n) is 5.36. The second-order valence-corrected chi connectivity index (χ2v) is 3.60. The summed E-state index contributed by atoms with van der Waals surface area (Å²) in [6.07, 6.45) is 7.01. The van der Waals surface area contributed by atoms with E-state index in [1.165, 1.54) is 32.1 Å². The lowest BCUT2D eigenvalue weighted by molar-refractivity contribution is 0.0301. The maximum atomic E-state index is 8.51. The summed E-state index contributed by atoms with van der Waals surface area (Å²) >= 11 is 0. The average molecular weight is 187 g/mol. The van der Waals surface area contributed by atoms with Crippen molar-refractivity contribution in [2.45, 2.75) is 38.2 Å². The summed E-state index contributed by atoms with van der Waals surface area (Å²) in [5.41, 5.74) is 0. The van der Waals surface area contributed by atoms with Crippen molar-refractivity contribution >= 4 is 0 Å². The molecule has 3 nitrogen and oxygen atoms in total. The molecule has 0 aromatic rings. The van der Waals surface area contributed by atoms with Crippen LogP contribution in [0, 0.1) is 0 Å². The molecule has 0 aliphatic heterocycles. The van der Waals surface area contributed by atoms with Crippen LogP contribution in [-0.4, -0.2) is 37.5 Å². The predicted octanol–water partition coefficient (Wildman–Crippen LogP) is 0.918. The number of hydrogen-bond acceptors (Lipinski definition) is 3. The standard InChI is InChI=1S/C10H21NO2/c12-8-6-11-7-9-13-10-4-2-1-3-5-10/h10-12H,1-9H2. The van der Waals surface area contributed by atoms with Gasteiger partial charge in [0.1, 0.15) is 0 Å². The normalized spacial score (nSPS) is 19.2. The molecule has 0 spiro atoms. The Kier molecular flexibility index (Phi) is 6.15. The lowest BCUT2D eigenvalue weighted by Crippen LogP contribution is -2.26. The summed E-state index contributed by atoms with van der Waals surface area (Å²) < 4.78 is 5.69. The molecule has 0 unspecified atom stereocenters. The zero-order valence-electron chi connectivity index (χ0n) is 8.30. The third-order valence-corrected chi connectivity index (χ3v) is 2.47. The lowest BCUT2D eigenvalue weighted by Gasteiger charge is -2.21. The molecule has 0 saturated heterocycles. The van der Waals surface area contributed by atoms with E-state index < -0.39 is 0 Å². The number of aliphatic hydroxyl groups excluding tert-OH is 1. The molecule has 13 heavy (non-hydrogen) atoms. The van der Waals surface area contributed by atoms with Crippen molar-refractivity contribution in [3.8, 4) is 0 Å². The highest BCUT2D eigenvalue weighted by molar-refractivity contribution is 4.65. The van der Waals surface area contributed by atoms with Crippen LogP contribution in [0.5, 0.6) is 0 Å². The van der Waals surface area contributed by atoms with E-state index in [0.717, 1.165) is 13.2 Å². The lowest BCUT2D eigenvalue weighted by atomic mass is 9.98. The SMILES string of the molecule is OCCNCCOC1CCCCC1. The molecule has 0 aromatic heterocycles. The molecule has 1 rings (SSSR count). The molecule has 1 aliphatic rings. The van der Waals surface area contributed by atoms with E-state index in [4.69, 9.17) is 9.84 Å². The zero-order valence-corrected chi connectivity index (χ0v) is 8.30. The Labute approximate surface area is 80.5 Å². The molecular weight excluding hydrogens is 166 g/mol. The van der Waals surface area contributed by atoms with Crippen LogP contribution >= 0.6 is 0 Å². The minimum Gasteiger partial charge on any atom is -0.395 e. The van der Waals surface area contributed by atoms with Gasteiger partial charge in [0, 0.05) is 13.1 Å². The van der Waals surface area contributed by atoms with Gasteiger partial charge < -0.3 is 15.2 Å². The van der Waals surface area contributed by atoms with Gasteiger partial charge in [-0.05, 0) is 12.8 Å². The molecule has 0 radical (unpaired) electrons. The van der Waals surface area contributed by atoms with E-state index in [1.54, 1.807) is 0 Å². The van der Waals surface area contributed by atoms with Crippen molar-refractivity contribution in [3.63, 3.8) is 0 Å². The molecule has 0 heterocycles. The van der Waals surface area contributed by atoms with Crippen LogP contribution < -0.4 is 5.32 Å². The molecular formula is C10H21NO2. The summed E-state index contributed by atoms with van der Waals surface area (Å²) in [6, 6.07) is 0. The smallest absolute Gasteiger partial charge is 0.0594 e. The number of rotatable bonds is 6. The highest BCUT2D eigenvalue weighted by Gasteiger charge is 2.12. The number of ether oxygens (including phenoxy) is 1. The summed E-state index contributed by atoms with van der Waals surface area (Å²) in [7, 11) is 0. The topological polar surface area (TPSA) is 41.5 Å². The first-order valence-corrected chi connectivity index (χ1v) is 5.36. The van der Waals surface area contributed by atoms with Crippen molar-refractivity contribution < 1.29 is 9.84 Å². The van der Waals surface area contributed by atoms with E-state index in [-0.39, 0.29) is 6.61 Å². The molecule has 2 N–H and O–H groups in total. The summed E-state index contributed by atoms with van der Waals surface area (Å²) in [5, 5.41) is 11.6. The van der Waals surface area contributed by atoms with Crippen LogP contribution in [0.15, 0.2) is 0 Å². The van der Waals surface area contributed by atoms with Crippen molar-refractivity contribution in [1.29, 1.82) is 0 Å². The summed E-state index contributed by atoms with van der Waals surface area (Å²) in [5.74, 6) is 0. The predicted molar refractivity (Wildman–Crippen MR) is 52.8 cm³/mol.